The van der Waals surface area contributed by atoms with E-state index in [1.807, 2.05) is 43.3 Å². The van der Waals surface area contributed by atoms with Gasteiger partial charge in [0.15, 0.2) is 0 Å². The molecule has 4 rings (SSSR count). The number of nitrogens with zero attached hydrogens (tertiary/aromatic N) is 3. The molecule has 0 saturated carbocycles. The van der Waals surface area contributed by atoms with E-state index in [0.717, 1.165) is 21.6 Å². The van der Waals surface area contributed by atoms with Crippen molar-refractivity contribution in [1.29, 1.82) is 0 Å². The normalized spacial score (nSPS) is 17.6. The molecule has 1 aromatic heterocycles. The highest BCUT2D eigenvalue weighted by Crippen LogP contribution is 2.39. The van der Waals surface area contributed by atoms with Crippen molar-refractivity contribution in [3.63, 3.8) is 0 Å². The molecule has 0 radical (unpaired) electrons. The molecule has 2 aromatic carbocycles. The standard InChI is InChI=1S/C20H20BrN5O3S/c1-11-23-24-20-26(11)25-17(12-8-9-15(28-2)13(21)10-12)18(30-20)19(27)22-14-6-4-5-7-16(14)29-3/h4-10,17-18,25H,1-3H3,(H,22,27)/t17-,18+/m0/s1. The topological polar surface area (TPSA) is 90.3 Å². The van der Waals surface area contributed by atoms with E-state index in [1.165, 1.54) is 11.8 Å². The van der Waals surface area contributed by atoms with E-state index in [4.69, 9.17) is 9.47 Å². The van der Waals surface area contributed by atoms with E-state index < -0.39 is 5.25 Å². The number of aryl methyl sites for hydroxylation is 1. The number of carbonyl (C=O) groups excluding carboxylic acids is 1. The number of para-hydroxylation sites is 2. The van der Waals surface area contributed by atoms with Crippen molar-refractivity contribution in [1.82, 2.24) is 14.9 Å². The van der Waals surface area contributed by atoms with E-state index >= 15 is 0 Å². The minimum absolute atomic E-state index is 0.166. The van der Waals surface area contributed by atoms with Gasteiger partial charge in [-0.1, -0.05) is 30.0 Å². The molecule has 156 valence electrons. The summed E-state index contributed by atoms with van der Waals surface area (Å²) in [6.07, 6.45) is 0. The second-order valence-corrected chi connectivity index (χ2v) is 8.56. The van der Waals surface area contributed by atoms with E-state index in [-0.39, 0.29) is 11.9 Å². The van der Waals surface area contributed by atoms with Crippen LogP contribution in [-0.4, -0.2) is 40.3 Å². The first-order valence-corrected chi connectivity index (χ1v) is 10.8. The molecule has 30 heavy (non-hydrogen) atoms. The highest BCUT2D eigenvalue weighted by molar-refractivity contribution is 9.10. The fourth-order valence-electron chi connectivity index (χ4n) is 3.24. The fourth-order valence-corrected chi connectivity index (χ4v) is 4.92. The largest absolute Gasteiger partial charge is 0.496 e. The quantitative estimate of drug-likeness (QED) is 0.563. The number of hydrogen-bond donors (Lipinski definition) is 2. The molecule has 2 heterocycles. The number of methoxy groups -OCH3 is 2. The molecule has 0 saturated heterocycles. The van der Waals surface area contributed by atoms with E-state index in [0.29, 0.717) is 16.6 Å². The van der Waals surface area contributed by atoms with Crippen LogP contribution in [-0.2, 0) is 4.79 Å². The lowest BCUT2D eigenvalue weighted by atomic mass is 10.0. The molecule has 10 heteroatoms. The summed E-state index contributed by atoms with van der Waals surface area (Å²) in [4.78, 5) is 13.3. The maximum Gasteiger partial charge on any atom is 0.240 e. The van der Waals surface area contributed by atoms with Gasteiger partial charge in [-0.25, -0.2) is 4.68 Å². The third-order valence-corrected chi connectivity index (χ3v) is 6.59. The predicted octanol–water partition coefficient (Wildman–Crippen LogP) is 3.76. The smallest absolute Gasteiger partial charge is 0.240 e. The van der Waals surface area contributed by atoms with Crippen LogP contribution < -0.4 is 20.2 Å². The molecule has 1 amide bonds. The summed E-state index contributed by atoms with van der Waals surface area (Å²) in [7, 11) is 3.19. The molecule has 0 spiro atoms. The fraction of sp³-hybridized carbons (Fsp3) is 0.250. The molecule has 2 atom stereocenters. The number of aromatic nitrogens is 3. The predicted molar refractivity (Wildman–Crippen MR) is 119 cm³/mol. The lowest BCUT2D eigenvalue weighted by Crippen LogP contribution is -2.41. The van der Waals surface area contributed by atoms with Crippen molar-refractivity contribution in [3.05, 3.63) is 58.3 Å². The molecule has 0 aliphatic carbocycles. The summed E-state index contributed by atoms with van der Waals surface area (Å²) in [5.41, 5.74) is 4.93. The van der Waals surface area contributed by atoms with Crippen LogP contribution in [0.5, 0.6) is 11.5 Å². The molecule has 2 N–H and O–H groups in total. The van der Waals surface area contributed by atoms with Crippen molar-refractivity contribution in [2.24, 2.45) is 0 Å². The van der Waals surface area contributed by atoms with Crippen LogP contribution >= 0.6 is 27.7 Å². The van der Waals surface area contributed by atoms with E-state index in [1.54, 1.807) is 25.0 Å². The van der Waals surface area contributed by atoms with Crippen LogP contribution in [0.25, 0.3) is 0 Å². The highest BCUT2D eigenvalue weighted by atomic mass is 79.9. The summed E-state index contributed by atoms with van der Waals surface area (Å²) in [5, 5.41) is 11.4. The number of benzene rings is 2. The van der Waals surface area contributed by atoms with Gasteiger partial charge in [-0.3, -0.25) is 4.79 Å². The van der Waals surface area contributed by atoms with Crippen LogP contribution in [0.3, 0.4) is 0 Å². The van der Waals surface area contributed by atoms with Crippen LogP contribution in [0.15, 0.2) is 52.1 Å². The number of thioether (sulfide) groups is 1. The third kappa shape index (κ3) is 3.84. The lowest BCUT2D eigenvalue weighted by Gasteiger charge is -2.33. The number of halogens is 1. The first kappa shape index (κ1) is 20.5. The van der Waals surface area contributed by atoms with Crippen LogP contribution in [0.1, 0.15) is 17.4 Å². The zero-order valence-corrected chi connectivity index (χ0v) is 19.0. The number of carbonyl (C=O) groups is 1. The van der Waals surface area contributed by atoms with Crippen molar-refractivity contribution >= 4 is 39.3 Å². The second-order valence-electron chi connectivity index (χ2n) is 6.59. The minimum Gasteiger partial charge on any atom is -0.496 e. The van der Waals surface area contributed by atoms with Crippen molar-refractivity contribution < 1.29 is 14.3 Å². The number of rotatable bonds is 5. The van der Waals surface area contributed by atoms with Crippen molar-refractivity contribution in [2.75, 3.05) is 25.0 Å². The zero-order valence-electron chi connectivity index (χ0n) is 16.5. The molecule has 0 fully saturated rings. The lowest BCUT2D eigenvalue weighted by molar-refractivity contribution is -0.116. The summed E-state index contributed by atoms with van der Waals surface area (Å²) in [6, 6.07) is 12.8. The van der Waals surface area contributed by atoms with Gasteiger partial charge in [-0.15, -0.1) is 10.2 Å². The Hall–Kier alpha value is -2.72. The Bertz CT molecular complexity index is 1090. The number of anilines is 1. The third-order valence-electron chi connectivity index (χ3n) is 4.76. The SMILES string of the molecule is COc1ccc([C@@H]2Nn3c(C)nnc3S[C@H]2C(=O)Nc2ccccc2OC)cc1Br. The highest BCUT2D eigenvalue weighted by Gasteiger charge is 2.38. The summed E-state index contributed by atoms with van der Waals surface area (Å²) in [6.45, 7) is 1.86. The molecule has 8 nitrogen and oxygen atoms in total. The van der Waals surface area contributed by atoms with Crippen LogP contribution in [0, 0.1) is 6.92 Å². The van der Waals surface area contributed by atoms with Gasteiger partial charge in [0.1, 0.15) is 22.6 Å². The zero-order chi connectivity index (χ0) is 21.3. The number of amides is 1. The maximum absolute atomic E-state index is 13.3. The molecular formula is C20H20BrN5O3S. The van der Waals surface area contributed by atoms with Crippen LogP contribution in [0.4, 0.5) is 5.69 Å². The number of nitrogens with one attached hydrogen (secondary N) is 2. The van der Waals surface area contributed by atoms with Gasteiger partial charge in [0.2, 0.25) is 11.1 Å². The monoisotopic (exact) mass is 489 g/mol. The second kappa shape index (κ2) is 8.57. The molecular weight excluding hydrogens is 470 g/mol. The first-order chi connectivity index (χ1) is 14.5. The van der Waals surface area contributed by atoms with Gasteiger partial charge in [0, 0.05) is 0 Å². The Labute approximate surface area is 186 Å². The Morgan fingerprint density at radius 1 is 1.17 bits per heavy atom. The first-order valence-electron chi connectivity index (χ1n) is 9.14. The van der Waals surface area contributed by atoms with Gasteiger partial charge in [0.05, 0.1) is 30.4 Å². The molecule has 3 aromatic rings. The van der Waals surface area contributed by atoms with Crippen LogP contribution in [0.2, 0.25) is 0 Å². The number of ether oxygens (including phenoxy) is 2. The van der Waals surface area contributed by atoms with E-state index in [2.05, 4.69) is 36.9 Å². The summed E-state index contributed by atoms with van der Waals surface area (Å²) < 4.78 is 13.3. The van der Waals surface area contributed by atoms with Gasteiger partial charge in [-0.05, 0) is 52.7 Å². The molecule has 1 aliphatic rings. The summed E-state index contributed by atoms with van der Waals surface area (Å²) in [5.74, 6) is 1.88. The number of fused-ring (bicyclic) bond motifs is 1. The van der Waals surface area contributed by atoms with Gasteiger partial charge in [0.25, 0.3) is 0 Å². The Morgan fingerprint density at radius 2 is 1.93 bits per heavy atom. The molecule has 0 unspecified atom stereocenters. The average Bonchev–Trinajstić information content (AvgIpc) is 3.13. The average molecular weight is 490 g/mol. The Balaban J connectivity index is 1.69. The Kier molecular flexibility index (Phi) is 5.87. The Morgan fingerprint density at radius 3 is 2.67 bits per heavy atom. The van der Waals surface area contributed by atoms with Gasteiger partial charge < -0.3 is 20.2 Å². The van der Waals surface area contributed by atoms with Gasteiger partial charge in [-0.2, -0.15) is 0 Å². The molecule has 1 aliphatic heterocycles. The maximum atomic E-state index is 13.3. The minimum atomic E-state index is -0.494. The van der Waals surface area contributed by atoms with Crippen molar-refractivity contribution in [2.45, 2.75) is 23.4 Å². The van der Waals surface area contributed by atoms with Gasteiger partial charge >= 0.3 is 0 Å². The van der Waals surface area contributed by atoms with Crippen molar-refractivity contribution in [3.8, 4) is 11.5 Å². The molecule has 0 bridgehead atoms. The van der Waals surface area contributed by atoms with E-state index in [9.17, 15) is 4.79 Å². The number of hydrogen-bond acceptors (Lipinski definition) is 7. The summed E-state index contributed by atoms with van der Waals surface area (Å²) >= 11 is 4.90.